The summed E-state index contributed by atoms with van der Waals surface area (Å²) in [5, 5.41) is 0.762. The zero-order valence-corrected chi connectivity index (χ0v) is 12.5. The van der Waals surface area contributed by atoms with Crippen LogP contribution < -0.4 is 5.56 Å². The molecular weight excluding hydrogens is 308 g/mol. The highest BCUT2D eigenvalue weighted by Crippen LogP contribution is 2.23. The average Bonchev–Trinajstić information content (AvgIpc) is 2.45. The van der Waals surface area contributed by atoms with Gasteiger partial charge in [-0.05, 0) is 18.9 Å². The van der Waals surface area contributed by atoms with Gasteiger partial charge in [-0.3, -0.25) is 9.59 Å². The van der Waals surface area contributed by atoms with E-state index in [-0.39, 0.29) is 11.5 Å². The largest absolute Gasteiger partial charge is 0.335 e. The lowest BCUT2D eigenvalue weighted by Crippen LogP contribution is -2.42. The Kier molecular flexibility index (Phi) is 5.19. The molecule has 1 amide bonds. The zero-order chi connectivity index (χ0) is 13.7. The molecule has 1 N–H and O–H groups in total. The van der Waals surface area contributed by atoms with Gasteiger partial charge in [0.2, 0.25) is 5.56 Å². The summed E-state index contributed by atoms with van der Waals surface area (Å²) < 4.78 is 0. The summed E-state index contributed by atoms with van der Waals surface area (Å²) in [6.45, 7) is 0.691. The predicted molar refractivity (Wildman–Crippen MR) is 78.8 cm³/mol. The lowest BCUT2D eigenvalue weighted by atomic mass is 9.94. The van der Waals surface area contributed by atoms with Gasteiger partial charge in [-0.1, -0.05) is 35.2 Å². The highest BCUT2D eigenvalue weighted by Gasteiger charge is 2.25. The molecule has 2 rings (SSSR count). The van der Waals surface area contributed by atoms with E-state index < -0.39 is 0 Å². The van der Waals surface area contributed by atoms with E-state index in [4.69, 9.17) is 0 Å². The molecule has 0 aliphatic heterocycles. The maximum absolute atomic E-state index is 12.5. The highest BCUT2D eigenvalue weighted by atomic mass is 79.9. The van der Waals surface area contributed by atoms with Crippen molar-refractivity contribution in [3.8, 4) is 0 Å². The molecule has 4 nitrogen and oxygen atoms in total. The molecule has 1 aromatic rings. The number of nitrogens with zero attached hydrogens (tertiary/aromatic N) is 1. The van der Waals surface area contributed by atoms with E-state index in [0.29, 0.717) is 18.2 Å². The molecule has 1 aromatic heterocycles. The molecule has 0 saturated heterocycles. The second-order valence-electron chi connectivity index (χ2n) is 4.92. The van der Waals surface area contributed by atoms with Crippen LogP contribution in [-0.2, 0) is 0 Å². The summed E-state index contributed by atoms with van der Waals surface area (Å²) in [7, 11) is 0. The van der Waals surface area contributed by atoms with Gasteiger partial charge in [-0.15, -0.1) is 0 Å². The van der Waals surface area contributed by atoms with E-state index in [9.17, 15) is 9.59 Å². The molecule has 0 atom stereocenters. The van der Waals surface area contributed by atoms with Gasteiger partial charge in [-0.2, -0.15) is 0 Å². The number of pyridine rings is 1. The fraction of sp³-hybridized carbons (Fsp3) is 0.571. The van der Waals surface area contributed by atoms with Crippen LogP contribution in [-0.4, -0.2) is 33.7 Å². The van der Waals surface area contributed by atoms with Gasteiger partial charge in [0.1, 0.15) is 0 Å². The molecule has 19 heavy (non-hydrogen) atoms. The number of nitrogens with one attached hydrogen (secondary N) is 1. The van der Waals surface area contributed by atoms with Crippen molar-refractivity contribution in [2.45, 2.75) is 38.1 Å². The number of aromatic nitrogens is 1. The maximum Gasteiger partial charge on any atom is 0.254 e. The Bertz CT molecular complexity index is 480. The maximum atomic E-state index is 12.5. The van der Waals surface area contributed by atoms with Gasteiger partial charge in [-0.25, -0.2) is 0 Å². The van der Waals surface area contributed by atoms with Crippen molar-refractivity contribution in [1.82, 2.24) is 9.88 Å². The Hall–Kier alpha value is -1.10. The lowest BCUT2D eigenvalue weighted by molar-refractivity contribution is 0.0651. The summed E-state index contributed by atoms with van der Waals surface area (Å²) in [5.74, 6) is -0.0301. The van der Waals surface area contributed by atoms with Gasteiger partial charge in [0, 0.05) is 35.7 Å². The minimum absolute atomic E-state index is 0.0301. The number of aromatic amines is 1. The minimum atomic E-state index is -0.228. The van der Waals surface area contributed by atoms with Crippen LogP contribution in [0.15, 0.2) is 23.1 Å². The lowest BCUT2D eigenvalue weighted by Gasteiger charge is -2.34. The quantitative estimate of drug-likeness (QED) is 0.864. The summed E-state index contributed by atoms with van der Waals surface area (Å²) >= 11 is 3.41. The smallest absolute Gasteiger partial charge is 0.254 e. The Labute approximate surface area is 121 Å². The van der Waals surface area contributed by atoms with Crippen LogP contribution >= 0.6 is 15.9 Å². The fourth-order valence-corrected chi connectivity index (χ4v) is 3.06. The Morgan fingerprint density at radius 2 is 2.11 bits per heavy atom. The monoisotopic (exact) mass is 326 g/mol. The first-order valence-corrected chi connectivity index (χ1v) is 7.90. The van der Waals surface area contributed by atoms with Crippen molar-refractivity contribution in [3.05, 3.63) is 34.2 Å². The second kappa shape index (κ2) is 6.89. The predicted octanol–water partition coefficient (Wildman–Crippen LogP) is 2.54. The van der Waals surface area contributed by atoms with E-state index in [0.717, 1.165) is 18.2 Å². The first kappa shape index (κ1) is 14.3. The number of hydrogen-bond donors (Lipinski definition) is 1. The number of hydrogen-bond acceptors (Lipinski definition) is 2. The molecule has 1 saturated carbocycles. The Morgan fingerprint density at radius 3 is 2.74 bits per heavy atom. The van der Waals surface area contributed by atoms with Crippen molar-refractivity contribution in [3.63, 3.8) is 0 Å². The van der Waals surface area contributed by atoms with Crippen molar-refractivity contribution < 1.29 is 4.79 Å². The zero-order valence-electron chi connectivity index (χ0n) is 10.9. The molecular formula is C14H19BrN2O2. The SMILES string of the molecule is O=C(c1cc[nH]c(=O)c1)N(CCBr)C1CCCCC1. The van der Waals surface area contributed by atoms with E-state index in [1.807, 2.05) is 4.90 Å². The van der Waals surface area contributed by atoms with Crippen LogP contribution in [0.25, 0.3) is 0 Å². The minimum Gasteiger partial charge on any atom is -0.335 e. The molecule has 0 spiro atoms. The fourth-order valence-electron chi connectivity index (χ4n) is 2.68. The van der Waals surface area contributed by atoms with Gasteiger partial charge in [0.05, 0.1) is 0 Å². The molecule has 1 heterocycles. The number of carbonyl (C=O) groups excluding carboxylic acids is 1. The molecule has 1 aliphatic carbocycles. The first-order valence-electron chi connectivity index (χ1n) is 6.78. The molecule has 104 valence electrons. The Balaban J connectivity index is 2.17. The van der Waals surface area contributed by atoms with Crippen LogP contribution in [0.5, 0.6) is 0 Å². The van der Waals surface area contributed by atoms with Crippen LogP contribution in [0, 0.1) is 0 Å². The summed E-state index contributed by atoms with van der Waals surface area (Å²) in [6, 6.07) is 3.37. The third-order valence-corrected chi connectivity index (χ3v) is 3.98. The number of alkyl halides is 1. The molecule has 0 aromatic carbocycles. The molecule has 0 bridgehead atoms. The topological polar surface area (TPSA) is 53.2 Å². The first-order chi connectivity index (χ1) is 9.22. The molecule has 5 heteroatoms. The third kappa shape index (κ3) is 3.69. The van der Waals surface area contributed by atoms with Crippen LogP contribution in [0.4, 0.5) is 0 Å². The van der Waals surface area contributed by atoms with Crippen molar-refractivity contribution in [2.24, 2.45) is 0 Å². The number of H-pyrrole nitrogens is 1. The van der Waals surface area contributed by atoms with Gasteiger partial charge < -0.3 is 9.88 Å². The van der Waals surface area contributed by atoms with Crippen molar-refractivity contribution >= 4 is 21.8 Å². The van der Waals surface area contributed by atoms with E-state index >= 15 is 0 Å². The second-order valence-corrected chi connectivity index (χ2v) is 5.71. The number of rotatable bonds is 4. The van der Waals surface area contributed by atoms with Gasteiger partial charge in [0.15, 0.2) is 0 Å². The standard InChI is InChI=1S/C14H19BrN2O2/c15-7-9-17(12-4-2-1-3-5-12)14(19)11-6-8-16-13(18)10-11/h6,8,10,12H,1-5,7,9H2,(H,16,18). The van der Waals surface area contributed by atoms with Gasteiger partial charge >= 0.3 is 0 Å². The van der Waals surface area contributed by atoms with Crippen molar-refractivity contribution in [2.75, 3.05) is 11.9 Å². The highest BCUT2D eigenvalue weighted by molar-refractivity contribution is 9.09. The summed E-state index contributed by atoms with van der Waals surface area (Å²) in [5.41, 5.74) is 0.253. The summed E-state index contributed by atoms with van der Waals surface area (Å²) in [6.07, 6.45) is 7.31. The van der Waals surface area contributed by atoms with Crippen molar-refractivity contribution in [1.29, 1.82) is 0 Å². The van der Waals surface area contributed by atoms with Crippen LogP contribution in [0.2, 0.25) is 0 Å². The molecule has 0 radical (unpaired) electrons. The van der Waals surface area contributed by atoms with E-state index in [1.54, 1.807) is 6.07 Å². The van der Waals surface area contributed by atoms with E-state index in [2.05, 4.69) is 20.9 Å². The Morgan fingerprint density at radius 1 is 1.37 bits per heavy atom. The normalized spacial score (nSPS) is 16.3. The van der Waals surface area contributed by atoms with Crippen LogP contribution in [0.1, 0.15) is 42.5 Å². The number of carbonyl (C=O) groups is 1. The molecule has 1 fully saturated rings. The third-order valence-electron chi connectivity index (χ3n) is 3.62. The summed E-state index contributed by atoms with van der Waals surface area (Å²) in [4.78, 5) is 28.3. The molecule has 1 aliphatic rings. The van der Waals surface area contributed by atoms with E-state index in [1.165, 1.54) is 31.5 Å². The van der Waals surface area contributed by atoms with Gasteiger partial charge in [0.25, 0.3) is 5.91 Å². The average molecular weight is 327 g/mol. The molecule has 0 unspecified atom stereocenters. The number of amides is 1. The van der Waals surface area contributed by atoms with Crippen LogP contribution in [0.3, 0.4) is 0 Å². The number of halogens is 1.